The topological polar surface area (TPSA) is 105 Å². The van der Waals surface area contributed by atoms with Gasteiger partial charge in [0.15, 0.2) is 0 Å². The van der Waals surface area contributed by atoms with Crippen LogP contribution in [-0.2, 0) is 16.0 Å². The molecule has 4 heterocycles. The van der Waals surface area contributed by atoms with Crippen molar-refractivity contribution in [2.75, 3.05) is 49.2 Å². The van der Waals surface area contributed by atoms with E-state index in [0.29, 0.717) is 18.8 Å². The molecule has 12 heteroatoms. The summed E-state index contributed by atoms with van der Waals surface area (Å²) in [5, 5.41) is 12.8. The molecule has 49 heavy (non-hydrogen) atoms. The second-order valence-corrected chi connectivity index (χ2v) is 12.3. The summed E-state index contributed by atoms with van der Waals surface area (Å²) in [6, 6.07) is 16.5. The molecule has 2 saturated heterocycles. The van der Waals surface area contributed by atoms with Crippen molar-refractivity contribution in [2.24, 2.45) is 0 Å². The molecule has 2 atom stereocenters. The summed E-state index contributed by atoms with van der Waals surface area (Å²) < 4.78 is 21.9. The molecule has 2 aliphatic rings. The Labute approximate surface area is 287 Å². The molecule has 0 amide bonds. The molecule has 0 N–H and O–H groups in total. The highest BCUT2D eigenvalue weighted by atomic mass is 16.8. The number of piperazine rings is 1. The molecular weight excluding hydrogens is 620 g/mol. The van der Waals surface area contributed by atoms with Crippen LogP contribution in [0.2, 0.25) is 0 Å². The lowest BCUT2D eigenvalue weighted by atomic mass is 10.1. The van der Waals surface area contributed by atoms with Gasteiger partial charge in [-0.3, -0.25) is 0 Å². The predicted octanol–water partition coefficient (Wildman–Crippen LogP) is 5.19. The minimum Gasteiger partial charge on any atom is -0.491 e. The van der Waals surface area contributed by atoms with Crippen LogP contribution in [0.25, 0.3) is 5.69 Å². The van der Waals surface area contributed by atoms with E-state index in [4.69, 9.17) is 14.2 Å². The van der Waals surface area contributed by atoms with Crippen molar-refractivity contribution in [3.05, 3.63) is 114 Å². The molecule has 0 radical (unpaired) electrons. The van der Waals surface area contributed by atoms with Gasteiger partial charge >= 0.3 is 5.69 Å². The third-order valence-corrected chi connectivity index (χ3v) is 9.16. The van der Waals surface area contributed by atoms with E-state index in [1.54, 1.807) is 32.8 Å². The molecule has 2 aliphatic heterocycles. The third-order valence-electron chi connectivity index (χ3n) is 9.16. The third kappa shape index (κ3) is 7.71. The van der Waals surface area contributed by atoms with Crippen molar-refractivity contribution < 1.29 is 14.2 Å². The molecule has 2 aromatic carbocycles. The number of rotatable bonds is 14. The average molecular weight is 667 g/mol. The summed E-state index contributed by atoms with van der Waals surface area (Å²) in [6.07, 6.45) is 14.0. The monoisotopic (exact) mass is 666 g/mol. The van der Waals surface area contributed by atoms with Gasteiger partial charge in [-0.2, -0.15) is 20.1 Å². The Morgan fingerprint density at radius 3 is 2.16 bits per heavy atom. The van der Waals surface area contributed by atoms with E-state index in [1.807, 2.05) is 55.5 Å². The van der Waals surface area contributed by atoms with Gasteiger partial charge in [0.2, 0.25) is 5.79 Å². The molecular formula is C37H46N8O4. The van der Waals surface area contributed by atoms with E-state index in [-0.39, 0.29) is 24.4 Å². The second kappa shape index (κ2) is 15.5. The van der Waals surface area contributed by atoms with Crippen molar-refractivity contribution in [3.8, 4) is 11.4 Å². The maximum Gasteiger partial charge on any atom is 0.350 e. The second-order valence-electron chi connectivity index (χ2n) is 12.3. The van der Waals surface area contributed by atoms with Crippen LogP contribution in [0.3, 0.4) is 0 Å². The standard InChI is InChI=1S/C37H46N8O4/c1-5-8-9-10-29(4)37(27-44-38-19-20-39-44)48-26-35(49-37)25-47-34-17-15-32(16-18-34)42-23-21-41(22-24-42)31-11-13-33(14-12-31)43-28-40-45(36(43)46)30(6-2)7-3/h5,8-20,28,30,35H,4,6-7,21-27H2,1-3H3/b8-5-,10-9-/t35-,37-/m1/s1. The van der Waals surface area contributed by atoms with Crippen molar-refractivity contribution in [2.45, 2.75) is 58.1 Å². The fourth-order valence-corrected chi connectivity index (χ4v) is 6.29. The van der Waals surface area contributed by atoms with Gasteiger partial charge in [-0.05, 0) is 68.3 Å². The molecule has 12 nitrogen and oxygen atoms in total. The summed E-state index contributed by atoms with van der Waals surface area (Å²) in [5.74, 6) is -0.302. The summed E-state index contributed by atoms with van der Waals surface area (Å²) >= 11 is 0. The van der Waals surface area contributed by atoms with Crippen LogP contribution in [-0.4, -0.2) is 80.6 Å². The molecule has 0 aliphatic carbocycles. The molecule has 0 bridgehead atoms. The predicted molar refractivity (Wildman–Crippen MR) is 190 cm³/mol. The molecule has 4 aromatic rings. The molecule has 2 fully saturated rings. The Morgan fingerprint density at radius 1 is 0.939 bits per heavy atom. The molecule has 0 saturated carbocycles. The highest BCUT2D eigenvalue weighted by molar-refractivity contribution is 5.54. The van der Waals surface area contributed by atoms with Crippen LogP contribution in [0.4, 0.5) is 11.4 Å². The quantitative estimate of drug-likeness (QED) is 0.168. The van der Waals surface area contributed by atoms with Gasteiger partial charge in [-0.1, -0.05) is 44.7 Å². The number of hydrogen-bond donors (Lipinski definition) is 0. The van der Waals surface area contributed by atoms with Crippen LogP contribution in [0.15, 0.2) is 109 Å². The van der Waals surface area contributed by atoms with Crippen molar-refractivity contribution in [1.29, 1.82) is 0 Å². The van der Waals surface area contributed by atoms with Crippen LogP contribution < -0.4 is 20.2 Å². The lowest BCUT2D eigenvalue weighted by Gasteiger charge is -2.37. The van der Waals surface area contributed by atoms with Gasteiger partial charge in [-0.15, -0.1) is 0 Å². The first kappa shape index (κ1) is 33.9. The number of allylic oxidation sites excluding steroid dienone is 3. The molecule has 6 rings (SSSR count). The first-order chi connectivity index (χ1) is 23.9. The molecule has 258 valence electrons. The van der Waals surface area contributed by atoms with E-state index in [9.17, 15) is 4.79 Å². The fourth-order valence-electron chi connectivity index (χ4n) is 6.29. The number of nitrogens with zero attached hydrogens (tertiary/aromatic N) is 8. The van der Waals surface area contributed by atoms with Gasteiger partial charge in [0.05, 0.1) is 30.7 Å². The minimum atomic E-state index is -1.07. The van der Waals surface area contributed by atoms with Crippen molar-refractivity contribution in [3.63, 3.8) is 0 Å². The summed E-state index contributed by atoms with van der Waals surface area (Å²) in [5.41, 5.74) is 3.72. The molecule has 0 unspecified atom stereocenters. The smallest absolute Gasteiger partial charge is 0.350 e. The van der Waals surface area contributed by atoms with Gasteiger partial charge in [-0.25, -0.2) is 14.0 Å². The molecule has 2 aromatic heterocycles. The Bertz CT molecular complexity index is 1770. The van der Waals surface area contributed by atoms with E-state index < -0.39 is 5.79 Å². The lowest BCUT2D eigenvalue weighted by molar-refractivity contribution is -0.151. The van der Waals surface area contributed by atoms with Crippen LogP contribution in [0.5, 0.6) is 5.75 Å². The number of ether oxygens (including phenoxy) is 3. The summed E-state index contributed by atoms with van der Waals surface area (Å²) in [4.78, 5) is 19.3. The number of aromatic nitrogens is 6. The van der Waals surface area contributed by atoms with Crippen LogP contribution >= 0.6 is 0 Å². The Balaban J connectivity index is 0.999. The lowest BCUT2D eigenvalue weighted by Crippen LogP contribution is -2.46. The van der Waals surface area contributed by atoms with Crippen LogP contribution in [0.1, 0.15) is 39.7 Å². The van der Waals surface area contributed by atoms with Gasteiger partial charge in [0.25, 0.3) is 0 Å². The van der Waals surface area contributed by atoms with Crippen molar-refractivity contribution >= 4 is 11.4 Å². The number of anilines is 2. The van der Waals surface area contributed by atoms with Crippen molar-refractivity contribution in [1.82, 2.24) is 29.3 Å². The Hall–Kier alpha value is -4.94. The van der Waals surface area contributed by atoms with E-state index in [2.05, 4.69) is 69.8 Å². The SMILES string of the molecule is C=C(/C=C\C=C/C)[C@]1(Cn2nccn2)OC[C@@H](COc2ccc(N3CCN(c4ccc(-n5cnn(C(CC)CC)c5=O)cc4)CC3)cc2)O1. The number of hydrogen-bond acceptors (Lipinski definition) is 9. The van der Waals surface area contributed by atoms with Gasteiger partial charge in [0, 0.05) is 43.1 Å². The van der Waals surface area contributed by atoms with E-state index >= 15 is 0 Å². The van der Waals surface area contributed by atoms with E-state index in [1.165, 1.54) is 0 Å². The van der Waals surface area contributed by atoms with Gasteiger partial charge in [0.1, 0.15) is 31.3 Å². The highest BCUT2D eigenvalue weighted by Crippen LogP contribution is 2.33. The zero-order valence-electron chi connectivity index (χ0n) is 28.6. The number of benzene rings is 2. The summed E-state index contributed by atoms with van der Waals surface area (Å²) in [6.45, 7) is 14.9. The average Bonchev–Trinajstić information content (AvgIpc) is 3.90. The van der Waals surface area contributed by atoms with Crippen LogP contribution in [0, 0.1) is 0 Å². The minimum absolute atomic E-state index is 0.0938. The fraction of sp³-hybridized carbons (Fsp3) is 0.405. The zero-order chi connectivity index (χ0) is 34.2. The largest absolute Gasteiger partial charge is 0.491 e. The highest BCUT2D eigenvalue weighted by Gasteiger charge is 2.44. The van der Waals surface area contributed by atoms with Gasteiger partial charge < -0.3 is 24.0 Å². The Kier molecular flexibility index (Phi) is 10.8. The molecule has 0 spiro atoms. The zero-order valence-corrected chi connectivity index (χ0v) is 28.6. The maximum absolute atomic E-state index is 13.0. The van der Waals surface area contributed by atoms with E-state index in [0.717, 1.165) is 61.8 Å². The maximum atomic E-state index is 13.0. The first-order valence-electron chi connectivity index (χ1n) is 17.1. The Morgan fingerprint density at radius 2 is 1.55 bits per heavy atom. The summed E-state index contributed by atoms with van der Waals surface area (Å²) in [7, 11) is 0. The first-order valence-corrected chi connectivity index (χ1v) is 17.1. The normalized spacial score (nSPS) is 19.9.